The van der Waals surface area contributed by atoms with Gasteiger partial charge in [-0.15, -0.1) is 0 Å². The fraction of sp³-hybridized carbons (Fsp3) is 0.364. The van der Waals surface area contributed by atoms with Gasteiger partial charge in [0, 0.05) is 56.7 Å². The number of nitrogens with one attached hydrogen (secondary N) is 1. The van der Waals surface area contributed by atoms with Gasteiger partial charge in [-0.1, -0.05) is 0 Å². The molecule has 0 radical (unpaired) electrons. The van der Waals surface area contributed by atoms with E-state index < -0.39 is 11.7 Å². The topological polar surface area (TPSA) is 61.3 Å². The first kappa shape index (κ1) is 21.0. The van der Waals surface area contributed by atoms with E-state index in [9.17, 15) is 22.8 Å². The van der Waals surface area contributed by atoms with Crippen molar-refractivity contribution in [3.63, 3.8) is 0 Å². The molecule has 1 aliphatic heterocycles. The first-order valence-corrected chi connectivity index (χ1v) is 10.0. The molecule has 4 rings (SSSR count). The number of carbonyl (C=O) groups is 1. The van der Waals surface area contributed by atoms with E-state index >= 15 is 0 Å². The predicted octanol–water partition coefficient (Wildman–Crippen LogP) is 3.63. The Kier molecular flexibility index (Phi) is 5.28. The number of aryl methyl sites for hydroxylation is 1. The van der Waals surface area contributed by atoms with Crippen LogP contribution in [0.4, 0.5) is 18.9 Å². The van der Waals surface area contributed by atoms with Gasteiger partial charge in [0.05, 0.1) is 11.1 Å². The highest BCUT2D eigenvalue weighted by atomic mass is 19.4. The lowest BCUT2D eigenvalue weighted by molar-refractivity contribution is -0.137. The maximum Gasteiger partial charge on any atom is 0.416 e. The summed E-state index contributed by atoms with van der Waals surface area (Å²) in [4.78, 5) is 32.0. The summed E-state index contributed by atoms with van der Waals surface area (Å²) in [5.74, 6) is -0.159. The van der Waals surface area contributed by atoms with E-state index in [1.807, 2.05) is 4.90 Å². The first-order valence-electron chi connectivity index (χ1n) is 10.0. The lowest BCUT2D eigenvalue weighted by Crippen LogP contribution is -2.46. The van der Waals surface area contributed by atoms with Gasteiger partial charge in [0.15, 0.2) is 0 Å². The van der Waals surface area contributed by atoms with Crippen molar-refractivity contribution in [3.05, 3.63) is 64.2 Å². The maximum atomic E-state index is 13.2. The molecule has 0 spiro atoms. The second-order valence-electron chi connectivity index (χ2n) is 7.90. The minimum absolute atomic E-state index is 0.00410. The van der Waals surface area contributed by atoms with Crippen LogP contribution >= 0.6 is 0 Å². The minimum Gasteiger partial charge on any atom is -0.371 e. The number of carbonyl (C=O) groups excluding carboxylic acids is 1. The molecule has 3 aromatic rings. The number of hydrogen-bond donors (Lipinski definition) is 1. The number of H-pyrrole nitrogens is 1. The molecule has 0 aliphatic carbocycles. The Bertz CT molecular complexity index is 1160. The van der Waals surface area contributed by atoms with Gasteiger partial charge in [-0.2, -0.15) is 13.2 Å². The molecule has 0 bridgehead atoms. The van der Waals surface area contributed by atoms with Crippen molar-refractivity contribution in [1.29, 1.82) is 0 Å². The van der Waals surface area contributed by atoms with Crippen molar-refractivity contribution < 1.29 is 18.0 Å². The fourth-order valence-electron chi connectivity index (χ4n) is 4.17. The number of aromatic amines is 1. The van der Waals surface area contributed by atoms with Crippen LogP contribution < -0.4 is 10.5 Å². The normalized spacial score (nSPS) is 15.5. The van der Waals surface area contributed by atoms with E-state index in [1.54, 1.807) is 37.5 Å². The second-order valence-corrected chi connectivity index (χ2v) is 7.90. The summed E-state index contributed by atoms with van der Waals surface area (Å²) < 4.78 is 39.7. The number of benzene rings is 1. The molecule has 164 valence electrons. The van der Waals surface area contributed by atoms with E-state index in [0.717, 1.165) is 17.8 Å². The summed E-state index contributed by atoms with van der Waals surface area (Å²) in [5, 5.41) is 0.599. The van der Waals surface area contributed by atoms with Crippen LogP contribution in [0.15, 0.2) is 47.5 Å². The van der Waals surface area contributed by atoms with Crippen LogP contribution in [0.3, 0.4) is 0 Å². The first-order chi connectivity index (χ1) is 14.7. The van der Waals surface area contributed by atoms with Crippen LogP contribution in [0.25, 0.3) is 10.9 Å². The smallest absolute Gasteiger partial charge is 0.371 e. The highest BCUT2D eigenvalue weighted by Gasteiger charge is 2.31. The SMILES string of the molecule is CN(C(=O)c1cn(C)c(=O)c2[nH]ccc12)C1CCN(c2ccc(C(F)(F)F)cc2)CC1. The molecule has 1 N–H and O–H groups in total. The maximum absolute atomic E-state index is 13.2. The van der Waals surface area contributed by atoms with Crippen LogP contribution in [0.5, 0.6) is 0 Å². The quantitative estimate of drug-likeness (QED) is 0.688. The summed E-state index contributed by atoms with van der Waals surface area (Å²) in [6, 6.07) is 6.91. The van der Waals surface area contributed by atoms with Gasteiger partial charge < -0.3 is 19.4 Å². The van der Waals surface area contributed by atoms with Gasteiger partial charge in [-0.3, -0.25) is 9.59 Å². The standard InChI is InChI=1S/C22H23F3N4O2/c1-27-13-18(17-7-10-26-19(17)21(27)31)20(30)28(2)15-8-11-29(12-9-15)16-5-3-14(4-6-16)22(23,24)25/h3-7,10,13,15,26H,8-9,11-12H2,1-2H3. The van der Waals surface area contributed by atoms with E-state index in [2.05, 4.69) is 4.98 Å². The predicted molar refractivity (Wildman–Crippen MR) is 112 cm³/mol. The number of amides is 1. The molecule has 0 saturated carbocycles. The number of halogens is 3. The highest BCUT2D eigenvalue weighted by Crippen LogP contribution is 2.31. The van der Waals surface area contributed by atoms with Gasteiger partial charge in [-0.25, -0.2) is 0 Å². The number of anilines is 1. The monoisotopic (exact) mass is 432 g/mol. The minimum atomic E-state index is -4.35. The number of alkyl halides is 3. The van der Waals surface area contributed by atoms with Crippen molar-refractivity contribution >= 4 is 22.5 Å². The zero-order valence-electron chi connectivity index (χ0n) is 17.2. The molecule has 3 heterocycles. The van der Waals surface area contributed by atoms with Crippen molar-refractivity contribution in [2.24, 2.45) is 7.05 Å². The van der Waals surface area contributed by atoms with Crippen molar-refractivity contribution in [1.82, 2.24) is 14.5 Å². The van der Waals surface area contributed by atoms with Crippen molar-refractivity contribution in [2.75, 3.05) is 25.0 Å². The van der Waals surface area contributed by atoms with Crippen LogP contribution in [0.1, 0.15) is 28.8 Å². The number of fused-ring (bicyclic) bond motifs is 1. The van der Waals surface area contributed by atoms with Gasteiger partial charge in [-0.05, 0) is 43.2 Å². The Morgan fingerprint density at radius 2 is 1.77 bits per heavy atom. The summed E-state index contributed by atoms with van der Waals surface area (Å²) in [6.45, 7) is 1.28. The Balaban J connectivity index is 1.46. The Labute approximate surface area is 176 Å². The van der Waals surface area contributed by atoms with Gasteiger partial charge in [0.2, 0.25) is 0 Å². The zero-order chi connectivity index (χ0) is 22.3. The van der Waals surface area contributed by atoms with E-state index in [0.29, 0.717) is 42.4 Å². The molecule has 1 fully saturated rings. The number of hydrogen-bond acceptors (Lipinski definition) is 3. The lowest BCUT2D eigenvalue weighted by Gasteiger charge is -2.38. The number of aromatic nitrogens is 2. The van der Waals surface area contributed by atoms with Crippen molar-refractivity contribution in [2.45, 2.75) is 25.1 Å². The van der Waals surface area contributed by atoms with E-state index in [1.165, 1.54) is 16.7 Å². The number of rotatable bonds is 3. The molecule has 1 aromatic carbocycles. The Morgan fingerprint density at radius 1 is 1.13 bits per heavy atom. The Morgan fingerprint density at radius 3 is 2.39 bits per heavy atom. The average Bonchev–Trinajstić information content (AvgIpc) is 3.25. The average molecular weight is 432 g/mol. The lowest BCUT2D eigenvalue weighted by atomic mass is 10.0. The van der Waals surface area contributed by atoms with Gasteiger partial charge >= 0.3 is 6.18 Å². The third kappa shape index (κ3) is 3.92. The van der Waals surface area contributed by atoms with Crippen LogP contribution in [0, 0.1) is 0 Å². The van der Waals surface area contributed by atoms with E-state index in [4.69, 9.17) is 0 Å². The molecule has 1 aliphatic rings. The van der Waals surface area contributed by atoms with Gasteiger partial charge in [0.25, 0.3) is 11.5 Å². The molecule has 1 saturated heterocycles. The molecule has 0 atom stereocenters. The zero-order valence-corrected chi connectivity index (χ0v) is 17.2. The number of nitrogens with zero attached hydrogens (tertiary/aromatic N) is 3. The van der Waals surface area contributed by atoms with E-state index in [-0.39, 0.29) is 17.5 Å². The third-order valence-corrected chi connectivity index (χ3v) is 6.02. The number of pyridine rings is 1. The third-order valence-electron chi connectivity index (χ3n) is 6.02. The number of piperidine rings is 1. The molecular weight excluding hydrogens is 409 g/mol. The van der Waals surface area contributed by atoms with Crippen LogP contribution in [0.2, 0.25) is 0 Å². The molecule has 31 heavy (non-hydrogen) atoms. The molecule has 6 nitrogen and oxygen atoms in total. The van der Waals surface area contributed by atoms with Crippen molar-refractivity contribution in [3.8, 4) is 0 Å². The molecule has 9 heteroatoms. The molecule has 2 aromatic heterocycles. The molecular formula is C22H23F3N4O2. The second kappa shape index (κ2) is 7.79. The molecule has 1 amide bonds. The van der Waals surface area contributed by atoms with Crippen LogP contribution in [-0.2, 0) is 13.2 Å². The molecule has 0 unspecified atom stereocenters. The highest BCUT2D eigenvalue weighted by molar-refractivity contribution is 6.05. The van der Waals surface area contributed by atoms with Crippen LogP contribution in [-0.4, -0.2) is 46.5 Å². The van der Waals surface area contributed by atoms with Gasteiger partial charge in [0.1, 0.15) is 5.52 Å². The fourth-order valence-corrected chi connectivity index (χ4v) is 4.17. The summed E-state index contributed by atoms with van der Waals surface area (Å²) in [7, 11) is 3.37. The summed E-state index contributed by atoms with van der Waals surface area (Å²) in [6.07, 6.45) is 0.261. The largest absolute Gasteiger partial charge is 0.416 e. The summed E-state index contributed by atoms with van der Waals surface area (Å²) >= 11 is 0. The Hall–Kier alpha value is -3.23. The summed E-state index contributed by atoms with van der Waals surface area (Å²) in [5.41, 5.74) is 0.756.